The molecule has 1 aliphatic rings. The molecule has 1 fully saturated rings. The summed E-state index contributed by atoms with van der Waals surface area (Å²) >= 11 is 2.11. The SMILES string of the molecule is CCCC1CC(N)CCS1. The molecule has 0 aliphatic carbocycles. The van der Waals surface area contributed by atoms with E-state index >= 15 is 0 Å². The average molecular weight is 159 g/mol. The third-order valence-electron chi connectivity index (χ3n) is 2.02. The normalized spacial score (nSPS) is 34.2. The first-order valence-corrected chi connectivity index (χ1v) is 5.25. The average Bonchev–Trinajstić information content (AvgIpc) is 1.88. The van der Waals surface area contributed by atoms with Gasteiger partial charge in [0, 0.05) is 11.3 Å². The van der Waals surface area contributed by atoms with Crippen LogP contribution in [0.15, 0.2) is 0 Å². The van der Waals surface area contributed by atoms with Crippen LogP contribution in [0.25, 0.3) is 0 Å². The fraction of sp³-hybridized carbons (Fsp3) is 1.00. The van der Waals surface area contributed by atoms with E-state index in [0.29, 0.717) is 6.04 Å². The first kappa shape index (κ1) is 8.41. The highest BCUT2D eigenvalue weighted by Gasteiger charge is 2.18. The maximum Gasteiger partial charge on any atom is 0.00616 e. The molecule has 1 rings (SSSR count). The predicted octanol–water partition coefficient (Wildman–Crippen LogP) is 2.01. The van der Waals surface area contributed by atoms with E-state index in [9.17, 15) is 0 Å². The molecular formula is C8H17NS. The molecule has 2 unspecified atom stereocenters. The molecule has 0 radical (unpaired) electrons. The van der Waals surface area contributed by atoms with Crippen molar-refractivity contribution in [2.75, 3.05) is 5.75 Å². The smallest absolute Gasteiger partial charge is 0.00616 e. The van der Waals surface area contributed by atoms with Gasteiger partial charge >= 0.3 is 0 Å². The van der Waals surface area contributed by atoms with Crippen molar-refractivity contribution in [2.24, 2.45) is 5.73 Å². The first-order valence-electron chi connectivity index (χ1n) is 4.20. The summed E-state index contributed by atoms with van der Waals surface area (Å²) in [5.74, 6) is 1.28. The van der Waals surface area contributed by atoms with E-state index in [2.05, 4.69) is 18.7 Å². The maximum atomic E-state index is 5.84. The Hall–Kier alpha value is 0.310. The Morgan fingerprint density at radius 1 is 1.60 bits per heavy atom. The summed E-state index contributed by atoms with van der Waals surface area (Å²) in [4.78, 5) is 0. The van der Waals surface area contributed by atoms with Crippen molar-refractivity contribution in [1.82, 2.24) is 0 Å². The summed E-state index contributed by atoms with van der Waals surface area (Å²) in [6.07, 6.45) is 5.14. The highest BCUT2D eigenvalue weighted by atomic mass is 32.2. The van der Waals surface area contributed by atoms with E-state index in [1.165, 1.54) is 31.4 Å². The number of hydrogen-bond donors (Lipinski definition) is 1. The molecule has 0 aromatic rings. The van der Waals surface area contributed by atoms with E-state index in [-0.39, 0.29) is 0 Å². The fourth-order valence-corrected chi connectivity index (χ4v) is 2.99. The Morgan fingerprint density at radius 2 is 2.40 bits per heavy atom. The fourth-order valence-electron chi connectivity index (χ4n) is 1.43. The molecule has 1 aliphatic heterocycles. The van der Waals surface area contributed by atoms with Gasteiger partial charge in [-0.25, -0.2) is 0 Å². The number of hydrogen-bond acceptors (Lipinski definition) is 2. The van der Waals surface area contributed by atoms with E-state index in [0.717, 1.165) is 5.25 Å². The van der Waals surface area contributed by atoms with Gasteiger partial charge in [0.1, 0.15) is 0 Å². The molecule has 0 saturated carbocycles. The lowest BCUT2D eigenvalue weighted by Crippen LogP contribution is -2.29. The lowest BCUT2D eigenvalue weighted by atomic mass is 10.1. The van der Waals surface area contributed by atoms with Crippen molar-refractivity contribution in [3.63, 3.8) is 0 Å². The molecule has 2 N–H and O–H groups in total. The van der Waals surface area contributed by atoms with Crippen molar-refractivity contribution in [3.05, 3.63) is 0 Å². The highest BCUT2D eigenvalue weighted by Crippen LogP contribution is 2.27. The van der Waals surface area contributed by atoms with Crippen LogP contribution in [0, 0.1) is 0 Å². The zero-order chi connectivity index (χ0) is 7.40. The zero-order valence-corrected chi connectivity index (χ0v) is 7.49. The van der Waals surface area contributed by atoms with E-state index in [1.807, 2.05) is 0 Å². The molecule has 1 nitrogen and oxygen atoms in total. The molecular weight excluding hydrogens is 142 g/mol. The Morgan fingerprint density at radius 3 is 3.00 bits per heavy atom. The monoisotopic (exact) mass is 159 g/mol. The zero-order valence-electron chi connectivity index (χ0n) is 6.68. The third-order valence-corrected chi connectivity index (χ3v) is 3.39. The van der Waals surface area contributed by atoms with E-state index in [4.69, 9.17) is 5.73 Å². The van der Waals surface area contributed by atoms with Crippen molar-refractivity contribution in [1.29, 1.82) is 0 Å². The quantitative estimate of drug-likeness (QED) is 0.667. The van der Waals surface area contributed by atoms with Crippen LogP contribution in [-0.4, -0.2) is 17.0 Å². The molecule has 0 amide bonds. The summed E-state index contributed by atoms with van der Waals surface area (Å²) in [7, 11) is 0. The molecule has 2 heteroatoms. The van der Waals surface area contributed by atoms with Gasteiger partial charge in [-0.3, -0.25) is 0 Å². The van der Waals surface area contributed by atoms with Gasteiger partial charge in [0.15, 0.2) is 0 Å². The Labute approximate surface area is 67.8 Å². The van der Waals surface area contributed by atoms with Crippen molar-refractivity contribution in [2.45, 2.75) is 43.9 Å². The Bertz CT molecular complexity index is 93.3. The van der Waals surface area contributed by atoms with Crippen molar-refractivity contribution < 1.29 is 0 Å². The van der Waals surface area contributed by atoms with Gasteiger partial charge in [0.05, 0.1) is 0 Å². The molecule has 0 bridgehead atoms. The van der Waals surface area contributed by atoms with E-state index < -0.39 is 0 Å². The maximum absolute atomic E-state index is 5.84. The summed E-state index contributed by atoms with van der Waals surface area (Å²) in [5.41, 5.74) is 5.84. The molecule has 60 valence electrons. The van der Waals surface area contributed by atoms with Gasteiger partial charge in [-0.2, -0.15) is 11.8 Å². The van der Waals surface area contributed by atoms with Gasteiger partial charge in [0.2, 0.25) is 0 Å². The first-order chi connectivity index (χ1) is 4.83. The summed E-state index contributed by atoms with van der Waals surface area (Å²) < 4.78 is 0. The van der Waals surface area contributed by atoms with Crippen LogP contribution >= 0.6 is 11.8 Å². The third kappa shape index (κ3) is 2.51. The second kappa shape index (κ2) is 4.24. The molecule has 0 spiro atoms. The number of nitrogens with two attached hydrogens (primary N) is 1. The van der Waals surface area contributed by atoms with Crippen LogP contribution < -0.4 is 5.73 Å². The highest BCUT2D eigenvalue weighted by molar-refractivity contribution is 7.99. The molecule has 10 heavy (non-hydrogen) atoms. The lowest BCUT2D eigenvalue weighted by molar-refractivity contribution is 0.544. The second-order valence-electron chi connectivity index (χ2n) is 3.07. The van der Waals surface area contributed by atoms with Crippen LogP contribution in [0.2, 0.25) is 0 Å². The molecule has 0 aromatic heterocycles. The van der Waals surface area contributed by atoms with Gasteiger partial charge in [0.25, 0.3) is 0 Å². The summed E-state index contributed by atoms with van der Waals surface area (Å²) in [5, 5.41) is 0.869. The van der Waals surface area contributed by atoms with Gasteiger partial charge in [-0.15, -0.1) is 0 Å². The molecule has 0 aromatic carbocycles. The van der Waals surface area contributed by atoms with E-state index in [1.54, 1.807) is 0 Å². The van der Waals surface area contributed by atoms with Crippen LogP contribution in [0.5, 0.6) is 0 Å². The van der Waals surface area contributed by atoms with Crippen LogP contribution in [0.4, 0.5) is 0 Å². The van der Waals surface area contributed by atoms with Gasteiger partial charge in [-0.1, -0.05) is 13.3 Å². The minimum absolute atomic E-state index is 0.498. The second-order valence-corrected chi connectivity index (χ2v) is 4.47. The molecule has 1 saturated heterocycles. The lowest BCUT2D eigenvalue weighted by Gasteiger charge is -2.25. The predicted molar refractivity (Wildman–Crippen MR) is 48.4 cm³/mol. The summed E-state index contributed by atoms with van der Waals surface area (Å²) in [6.45, 7) is 2.25. The topological polar surface area (TPSA) is 26.0 Å². The molecule has 1 heterocycles. The van der Waals surface area contributed by atoms with Crippen LogP contribution in [-0.2, 0) is 0 Å². The number of thioether (sulfide) groups is 1. The minimum atomic E-state index is 0.498. The van der Waals surface area contributed by atoms with Gasteiger partial charge < -0.3 is 5.73 Å². The molecule has 2 atom stereocenters. The van der Waals surface area contributed by atoms with Crippen molar-refractivity contribution in [3.8, 4) is 0 Å². The number of rotatable bonds is 2. The van der Waals surface area contributed by atoms with Gasteiger partial charge in [-0.05, 0) is 25.0 Å². The minimum Gasteiger partial charge on any atom is -0.328 e. The van der Waals surface area contributed by atoms with Crippen molar-refractivity contribution >= 4 is 11.8 Å². The summed E-state index contributed by atoms with van der Waals surface area (Å²) in [6, 6.07) is 0.498. The Kier molecular flexibility index (Phi) is 3.57. The largest absolute Gasteiger partial charge is 0.328 e. The van der Waals surface area contributed by atoms with Crippen LogP contribution in [0.1, 0.15) is 32.6 Å². The Balaban J connectivity index is 2.18. The standard InChI is InChI=1S/C8H17NS/c1-2-3-8-6-7(9)4-5-10-8/h7-8H,2-6,9H2,1H3. The van der Waals surface area contributed by atoms with Crippen LogP contribution in [0.3, 0.4) is 0 Å².